The summed E-state index contributed by atoms with van der Waals surface area (Å²) < 4.78 is 48.0. The fourth-order valence-electron chi connectivity index (χ4n) is 1.45. The zero-order valence-electron chi connectivity index (χ0n) is 10.1. The van der Waals surface area contributed by atoms with Gasteiger partial charge in [0.2, 0.25) is 0 Å². The highest BCUT2D eigenvalue weighted by Crippen LogP contribution is 2.36. The van der Waals surface area contributed by atoms with Crippen LogP contribution in [0.3, 0.4) is 0 Å². The van der Waals surface area contributed by atoms with E-state index in [9.17, 15) is 18.0 Å². The number of hydrogen-bond acceptors (Lipinski definition) is 3. The lowest BCUT2D eigenvalue weighted by Crippen LogP contribution is -2.24. The molecule has 7 heteroatoms. The fourth-order valence-corrected chi connectivity index (χ4v) is 1.45. The molecule has 1 atom stereocenters. The number of hydrogen-bond donors (Lipinski definition) is 1. The first kappa shape index (κ1) is 15.3. The van der Waals surface area contributed by atoms with Gasteiger partial charge in [0.05, 0.1) is 20.1 Å². The Balaban J connectivity index is 2.87. The lowest BCUT2D eigenvalue weighted by Gasteiger charge is -2.21. The smallest absolute Gasteiger partial charge is 0.418 e. The van der Waals surface area contributed by atoms with Gasteiger partial charge in [0.15, 0.2) is 6.10 Å². The molecular formula is C12H13F3O4. The minimum atomic E-state index is -4.62. The van der Waals surface area contributed by atoms with Gasteiger partial charge in [-0.3, -0.25) is 4.79 Å². The second-order valence-electron chi connectivity index (χ2n) is 3.71. The number of carbonyl (C=O) groups is 1. The van der Waals surface area contributed by atoms with Crippen molar-refractivity contribution in [1.29, 1.82) is 0 Å². The maximum absolute atomic E-state index is 12.9. The van der Waals surface area contributed by atoms with Crippen molar-refractivity contribution in [2.45, 2.75) is 18.7 Å². The van der Waals surface area contributed by atoms with E-state index in [1.54, 1.807) is 0 Å². The van der Waals surface area contributed by atoms with E-state index in [2.05, 4.69) is 4.74 Å². The normalized spacial score (nSPS) is 13.1. The van der Waals surface area contributed by atoms with E-state index in [1.807, 2.05) is 0 Å². The van der Waals surface area contributed by atoms with Gasteiger partial charge in [-0.15, -0.1) is 0 Å². The van der Waals surface area contributed by atoms with Gasteiger partial charge >= 0.3 is 12.1 Å². The Bertz CT molecular complexity index is 431. The molecule has 0 saturated carbocycles. The molecule has 1 rings (SSSR count). The molecule has 0 saturated heterocycles. The van der Waals surface area contributed by atoms with Crippen LogP contribution < -0.4 is 4.74 Å². The van der Waals surface area contributed by atoms with E-state index in [0.29, 0.717) is 0 Å². The summed E-state index contributed by atoms with van der Waals surface area (Å²) in [4.78, 5) is 10.3. The molecule has 0 aliphatic heterocycles. The molecule has 0 aliphatic rings. The van der Waals surface area contributed by atoms with Crippen molar-refractivity contribution in [3.8, 4) is 5.75 Å². The second-order valence-corrected chi connectivity index (χ2v) is 3.71. The molecular weight excluding hydrogens is 265 g/mol. The van der Waals surface area contributed by atoms with Crippen LogP contribution in [0, 0.1) is 0 Å². The van der Waals surface area contributed by atoms with Crippen LogP contribution in [-0.2, 0) is 9.53 Å². The van der Waals surface area contributed by atoms with Gasteiger partial charge in [-0.25, -0.2) is 0 Å². The van der Waals surface area contributed by atoms with E-state index < -0.39 is 31.3 Å². The first-order chi connectivity index (χ1) is 8.84. The Morgan fingerprint density at radius 1 is 1.42 bits per heavy atom. The molecule has 0 heterocycles. The van der Waals surface area contributed by atoms with E-state index >= 15 is 0 Å². The van der Waals surface area contributed by atoms with Gasteiger partial charge in [-0.2, -0.15) is 13.2 Å². The van der Waals surface area contributed by atoms with Crippen molar-refractivity contribution in [1.82, 2.24) is 0 Å². The first-order valence-corrected chi connectivity index (χ1v) is 5.38. The summed E-state index contributed by atoms with van der Waals surface area (Å²) in [5, 5.41) is 8.40. The van der Waals surface area contributed by atoms with Crippen LogP contribution in [0.5, 0.6) is 5.75 Å². The standard InChI is InChI=1S/C12H13F3O4/c1-18-9-4-2-3-8(7-9)11(12(13,14)15)19-6-5-10(16)17/h2-4,7,11H,5-6H2,1H3,(H,16,17)/t11-/m1/s1. The number of benzene rings is 1. The Kier molecular flexibility index (Phi) is 5.17. The van der Waals surface area contributed by atoms with Crippen LogP contribution in [0.15, 0.2) is 24.3 Å². The minimum Gasteiger partial charge on any atom is -0.497 e. The van der Waals surface area contributed by atoms with Crippen molar-refractivity contribution in [2.75, 3.05) is 13.7 Å². The molecule has 0 amide bonds. The fraction of sp³-hybridized carbons (Fsp3) is 0.417. The van der Waals surface area contributed by atoms with Gasteiger partial charge in [-0.1, -0.05) is 12.1 Å². The highest BCUT2D eigenvalue weighted by molar-refractivity contribution is 5.66. The van der Waals surface area contributed by atoms with E-state index in [-0.39, 0.29) is 11.3 Å². The summed E-state index contributed by atoms with van der Waals surface area (Å²) in [5.41, 5.74) is -0.128. The molecule has 0 bridgehead atoms. The molecule has 0 fully saturated rings. The van der Waals surface area contributed by atoms with Crippen LogP contribution in [-0.4, -0.2) is 31.0 Å². The number of carboxylic acids is 1. The van der Waals surface area contributed by atoms with Crippen LogP contribution in [0.25, 0.3) is 0 Å². The summed E-state index contributed by atoms with van der Waals surface area (Å²) in [6, 6.07) is 5.38. The first-order valence-electron chi connectivity index (χ1n) is 5.38. The SMILES string of the molecule is COc1cccc([C@@H](OCCC(=O)O)C(F)(F)F)c1. The highest BCUT2D eigenvalue weighted by Gasteiger charge is 2.42. The van der Waals surface area contributed by atoms with Gasteiger partial charge in [0, 0.05) is 0 Å². The Morgan fingerprint density at radius 2 is 2.11 bits per heavy atom. The molecule has 0 spiro atoms. The Labute approximate surface area is 107 Å². The van der Waals surface area contributed by atoms with Crippen LogP contribution in [0.4, 0.5) is 13.2 Å². The number of methoxy groups -OCH3 is 1. The molecule has 0 aliphatic carbocycles. The average molecular weight is 278 g/mol. The highest BCUT2D eigenvalue weighted by atomic mass is 19.4. The quantitative estimate of drug-likeness (QED) is 0.869. The summed E-state index contributed by atoms with van der Waals surface area (Å²) in [6.45, 7) is -0.517. The Morgan fingerprint density at radius 3 is 2.63 bits per heavy atom. The van der Waals surface area contributed by atoms with Crippen LogP contribution >= 0.6 is 0 Å². The van der Waals surface area contributed by atoms with Crippen LogP contribution in [0.2, 0.25) is 0 Å². The van der Waals surface area contributed by atoms with E-state index in [1.165, 1.54) is 31.4 Å². The van der Waals surface area contributed by atoms with E-state index in [4.69, 9.17) is 9.84 Å². The summed E-state index contributed by atoms with van der Waals surface area (Å²) in [6.07, 6.45) is -7.27. The maximum Gasteiger partial charge on any atom is 0.418 e. The monoisotopic (exact) mass is 278 g/mol. The van der Waals surface area contributed by atoms with Crippen molar-refractivity contribution in [2.24, 2.45) is 0 Å². The number of alkyl halides is 3. The number of ether oxygens (including phenoxy) is 2. The zero-order chi connectivity index (χ0) is 14.5. The Hall–Kier alpha value is -1.76. The number of halogens is 3. The molecule has 1 aromatic carbocycles. The molecule has 4 nitrogen and oxygen atoms in total. The molecule has 0 radical (unpaired) electrons. The summed E-state index contributed by atoms with van der Waals surface area (Å²) >= 11 is 0. The minimum absolute atomic E-state index is 0.128. The molecule has 19 heavy (non-hydrogen) atoms. The lowest BCUT2D eigenvalue weighted by molar-refractivity contribution is -0.224. The number of rotatable bonds is 6. The number of aliphatic carboxylic acids is 1. The molecule has 0 aromatic heterocycles. The number of carboxylic acid groups (broad SMARTS) is 1. The predicted octanol–water partition coefficient (Wildman–Crippen LogP) is 2.79. The molecule has 1 N–H and O–H groups in total. The predicted molar refractivity (Wildman–Crippen MR) is 60.0 cm³/mol. The third kappa shape index (κ3) is 4.78. The van der Waals surface area contributed by atoms with Gasteiger partial charge in [0.25, 0.3) is 0 Å². The maximum atomic E-state index is 12.9. The van der Waals surface area contributed by atoms with E-state index in [0.717, 1.165) is 0 Å². The largest absolute Gasteiger partial charge is 0.497 e. The lowest BCUT2D eigenvalue weighted by atomic mass is 10.1. The van der Waals surface area contributed by atoms with Crippen molar-refractivity contribution >= 4 is 5.97 Å². The van der Waals surface area contributed by atoms with Crippen LogP contribution in [0.1, 0.15) is 18.1 Å². The average Bonchev–Trinajstić information content (AvgIpc) is 2.33. The second kappa shape index (κ2) is 6.42. The van der Waals surface area contributed by atoms with Crippen molar-refractivity contribution in [3.63, 3.8) is 0 Å². The van der Waals surface area contributed by atoms with Gasteiger partial charge in [0.1, 0.15) is 5.75 Å². The zero-order valence-corrected chi connectivity index (χ0v) is 10.1. The molecule has 1 aromatic rings. The third-order valence-corrected chi connectivity index (χ3v) is 2.29. The van der Waals surface area contributed by atoms with Crippen molar-refractivity contribution < 1.29 is 32.5 Å². The molecule has 0 unspecified atom stereocenters. The summed E-state index contributed by atoms with van der Waals surface area (Å²) in [5.74, 6) is -0.944. The third-order valence-electron chi connectivity index (χ3n) is 2.29. The molecule has 106 valence electrons. The topological polar surface area (TPSA) is 55.8 Å². The van der Waals surface area contributed by atoms with Crippen molar-refractivity contribution in [3.05, 3.63) is 29.8 Å². The summed E-state index contributed by atoms with van der Waals surface area (Å²) in [7, 11) is 1.34. The van der Waals surface area contributed by atoms with Gasteiger partial charge in [-0.05, 0) is 17.7 Å². The van der Waals surface area contributed by atoms with Gasteiger partial charge < -0.3 is 14.6 Å².